The largest absolute Gasteiger partial charge is 0.491 e. The van der Waals surface area contributed by atoms with E-state index in [0.717, 1.165) is 30.7 Å². The van der Waals surface area contributed by atoms with Crippen molar-refractivity contribution >= 4 is 11.4 Å². The fraction of sp³-hybridized carbons (Fsp3) is 0.571. The molecule has 1 aliphatic carbocycles. The third-order valence-corrected chi connectivity index (χ3v) is 3.32. The third kappa shape index (κ3) is 2.88. The average Bonchev–Trinajstić information content (AvgIpc) is 2.21. The zero-order valence-electron chi connectivity index (χ0n) is 11.1. The second-order valence-electron chi connectivity index (χ2n) is 5.37. The second-order valence-corrected chi connectivity index (χ2v) is 5.37. The van der Waals surface area contributed by atoms with Crippen LogP contribution in [0.5, 0.6) is 5.75 Å². The molecule has 1 saturated carbocycles. The fourth-order valence-corrected chi connectivity index (χ4v) is 2.27. The smallest absolute Gasteiger partial charge is 0.123 e. The first-order valence-electron chi connectivity index (χ1n) is 6.49. The van der Waals surface area contributed by atoms with Gasteiger partial charge in [-0.2, -0.15) is 0 Å². The zero-order valence-corrected chi connectivity index (χ0v) is 11.1. The number of hydrogen-bond acceptors (Lipinski definition) is 4. The Kier molecular flexibility index (Phi) is 3.66. The van der Waals surface area contributed by atoms with E-state index in [4.69, 9.17) is 10.5 Å². The molecule has 1 aromatic carbocycles. The number of anilines is 2. The van der Waals surface area contributed by atoms with E-state index < -0.39 is 0 Å². The monoisotopic (exact) mass is 250 g/mol. The number of hydrogen-bond donors (Lipinski definition) is 3. The van der Waals surface area contributed by atoms with Gasteiger partial charge < -0.3 is 20.9 Å². The predicted octanol–water partition coefficient (Wildman–Crippen LogP) is 2.38. The van der Waals surface area contributed by atoms with Crippen LogP contribution < -0.4 is 15.8 Å². The average molecular weight is 250 g/mol. The van der Waals surface area contributed by atoms with Crippen molar-refractivity contribution in [1.82, 2.24) is 0 Å². The first kappa shape index (κ1) is 13.0. The number of nitrogen functional groups attached to an aromatic ring is 1. The van der Waals surface area contributed by atoms with Crippen molar-refractivity contribution in [2.75, 3.05) is 17.7 Å². The molecule has 4 heteroatoms. The molecule has 2 rings (SSSR count). The lowest BCUT2D eigenvalue weighted by molar-refractivity contribution is 0.144. The van der Waals surface area contributed by atoms with E-state index in [2.05, 4.69) is 5.32 Å². The van der Waals surface area contributed by atoms with E-state index in [1.807, 2.05) is 32.0 Å². The van der Waals surface area contributed by atoms with Crippen molar-refractivity contribution in [3.63, 3.8) is 0 Å². The predicted molar refractivity (Wildman–Crippen MR) is 73.9 cm³/mol. The Morgan fingerprint density at radius 1 is 1.39 bits per heavy atom. The number of nitrogens with two attached hydrogens (primary N) is 1. The summed E-state index contributed by atoms with van der Waals surface area (Å²) in [6.45, 7) is 4.12. The highest BCUT2D eigenvalue weighted by molar-refractivity contribution is 5.60. The molecule has 0 bridgehead atoms. The molecule has 0 spiro atoms. The van der Waals surface area contributed by atoms with E-state index in [0.29, 0.717) is 5.69 Å². The Morgan fingerprint density at radius 2 is 2.11 bits per heavy atom. The lowest BCUT2D eigenvalue weighted by Crippen LogP contribution is -2.48. The van der Waals surface area contributed by atoms with Crippen LogP contribution in [0.15, 0.2) is 18.2 Å². The van der Waals surface area contributed by atoms with Gasteiger partial charge >= 0.3 is 0 Å². The summed E-state index contributed by atoms with van der Waals surface area (Å²) in [5.41, 5.74) is 7.29. The number of ether oxygens (including phenoxy) is 1. The molecule has 18 heavy (non-hydrogen) atoms. The molecule has 1 aliphatic rings. The SMILES string of the molecule is CC(C)Oc1cc(N)cc(NC2(CO)CCC2)c1. The lowest BCUT2D eigenvalue weighted by atomic mass is 9.77. The number of benzene rings is 1. The van der Waals surface area contributed by atoms with E-state index in [1.54, 1.807) is 0 Å². The summed E-state index contributed by atoms with van der Waals surface area (Å²) in [6.07, 6.45) is 3.28. The van der Waals surface area contributed by atoms with Gasteiger partial charge in [-0.05, 0) is 39.2 Å². The summed E-state index contributed by atoms with van der Waals surface area (Å²) >= 11 is 0. The molecule has 1 fully saturated rings. The zero-order chi connectivity index (χ0) is 13.2. The maximum absolute atomic E-state index is 9.46. The van der Waals surface area contributed by atoms with E-state index in [-0.39, 0.29) is 18.2 Å². The van der Waals surface area contributed by atoms with Gasteiger partial charge in [0.15, 0.2) is 0 Å². The summed E-state index contributed by atoms with van der Waals surface area (Å²) < 4.78 is 5.65. The highest BCUT2D eigenvalue weighted by Gasteiger charge is 2.36. The van der Waals surface area contributed by atoms with Crippen LogP contribution in [0.25, 0.3) is 0 Å². The number of nitrogens with one attached hydrogen (secondary N) is 1. The van der Waals surface area contributed by atoms with Crippen molar-refractivity contribution in [3.05, 3.63) is 18.2 Å². The Bertz CT molecular complexity index is 409. The lowest BCUT2D eigenvalue weighted by Gasteiger charge is -2.42. The highest BCUT2D eigenvalue weighted by atomic mass is 16.5. The van der Waals surface area contributed by atoms with Crippen molar-refractivity contribution in [3.8, 4) is 5.75 Å². The number of rotatable bonds is 5. The van der Waals surface area contributed by atoms with Crippen LogP contribution in [0.4, 0.5) is 11.4 Å². The van der Waals surface area contributed by atoms with Gasteiger partial charge in [-0.25, -0.2) is 0 Å². The standard InChI is InChI=1S/C14H22N2O2/c1-10(2)18-13-7-11(15)6-12(8-13)16-14(9-17)4-3-5-14/h6-8,10,16-17H,3-5,9,15H2,1-2H3. The molecule has 4 N–H and O–H groups in total. The molecule has 0 aliphatic heterocycles. The van der Waals surface area contributed by atoms with E-state index in [1.165, 1.54) is 0 Å². The van der Waals surface area contributed by atoms with Gasteiger partial charge in [0.2, 0.25) is 0 Å². The van der Waals surface area contributed by atoms with Crippen LogP contribution in [0.3, 0.4) is 0 Å². The molecule has 0 saturated heterocycles. The maximum atomic E-state index is 9.46. The molecule has 0 heterocycles. The normalized spacial score (nSPS) is 17.3. The summed E-state index contributed by atoms with van der Waals surface area (Å²) in [5, 5.41) is 12.8. The van der Waals surface area contributed by atoms with Crippen LogP contribution in [0, 0.1) is 0 Å². The fourth-order valence-electron chi connectivity index (χ4n) is 2.27. The summed E-state index contributed by atoms with van der Waals surface area (Å²) in [4.78, 5) is 0. The summed E-state index contributed by atoms with van der Waals surface area (Å²) in [5.74, 6) is 0.764. The van der Waals surface area contributed by atoms with Gasteiger partial charge in [-0.1, -0.05) is 0 Å². The quantitative estimate of drug-likeness (QED) is 0.702. The second kappa shape index (κ2) is 5.06. The van der Waals surface area contributed by atoms with Crippen LogP contribution in [-0.4, -0.2) is 23.4 Å². The van der Waals surface area contributed by atoms with Crippen molar-refractivity contribution in [1.29, 1.82) is 0 Å². The van der Waals surface area contributed by atoms with E-state index >= 15 is 0 Å². The molecule has 100 valence electrons. The molecule has 0 amide bonds. The van der Waals surface area contributed by atoms with Gasteiger partial charge in [-0.3, -0.25) is 0 Å². The van der Waals surface area contributed by atoms with Gasteiger partial charge in [0.25, 0.3) is 0 Å². The van der Waals surface area contributed by atoms with Gasteiger partial charge in [0, 0.05) is 23.5 Å². The molecule has 1 aromatic rings. The molecular weight excluding hydrogens is 228 g/mol. The van der Waals surface area contributed by atoms with Crippen LogP contribution in [0.2, 0.25) is 0 Å². The first-order valence-corrected chi connectivity index (χ1v) is 6.49. The molecule has 0 atom stereocenters. The highest BCUT2D eigenvalue weighted by Crippen LogP contribution is 2.36. The van der Waals surface area contributed by atoms with Gasteiger partial charge in [-0.15, -0.1) is 0 Å². The number of aliphatic hydroxyl groups is 1. The third-order valence-electron chi connectivity index (χ3n) is 3.32. The molecule has 0 unspecified atom stereocenters. The summed E-state index contributed by atoms with van der Waals surface area (Å²) in [7, 11) is 0. The van der Waals surface area contributed by atoms with Crippen molar-refractivity contribution in [2.24, 2.45) is 0 Å². The van der Waals surface area contributed by atoms with Crippen LogP contribution in [-0.2, 0) is 0 Å². The van der Waals surface area contributed by atoms with Crippen molar-refractivity contribution in [2.45, 2.75) is 44.8 Å². The van der Waals surface area contributed by atoms with Gasteiger partial charge in [0.05, 0.1) is 18.2 Å². The van der Waals surface area contributed by atoms with Crippen molar-refractivity contribution < 1.29 is 9.84 Å². The maximum Gasteiger partial charge on any atom is 0.123 e. The van der Waals surface area contributed by atoms with Gasteiger partial charge in [0.1, 0.15) is 5.75 Å². The van der Waals surface area contributed by atoms with Crippen LogP contribution >= 0.6 is 0 Å². The number of aliphatic hydroxyl groups excluding tert-OH is 1. The summed E-state index contributed by atoms with van der Waals surface area (Å²) in [6, 6.07) is 5.63. The minimum atomic E-state index is -0.164. The van der Waals surface area contributed by atoms with E-state index in [9.17, 15) is 5.11 Å². The topological polar surface area (TPSA) is 67.5 Å². The molecular formula is C14H22N2O2. The minimum absolute atomic E-state index is 0.121. The molecule has 0 radical (unpaired) electrons. The Hall–Kier alpha value is -1.42. The Labute approximate surface area is 108 Å². The van der Waals surface area contributed by atoms with Crippen LogP contribution in [0.1, 0.15) is 33.1 Å². The Morgan fingerprint density at radius 3 is 2.61 bits per heavy atom. The Balaban J connectivity index is 2.14. The molecule has 0 aromatic heterocycles. The minimum Gasteiger partial charge on any atom is -0.491 e. The molecule has 4 nitrogen and oxygen atoms in total. The first-order chi connectivity index (χ1) is 8.53.